The molecule has 3 rings (SSSR count). The van der Waals surface area contributed by atoms with E-state index in [-0.39, 0.29) is 11.4 Å². The van der Waals surface area contributed by atoms with Gasteiger partial charge in [0.15, 0.2) is 0 Å². The molecule has 0 fully saturated rings. The van der Waals surface area contributed by atoms with Gasteiger partial charge in [-0.05, 0) is 55.2 Å². The third kappa shape index (κ3) is 2.53. The highest BCUT2D eigenvalue weighted by atomic mass is 16.2. The lowest BCUT2D eigenvalue weighted by molar-refractivity contribution is 0.0643. The summed E-state index contributed by atoms with van der Waals surface area (Å²) in [6, 6.07) is 10.3. The SMILES string of the molecule is CN(NC(=O)c1ccc2cccc3c2c1C=CC3)C(C)(C)C. The van der Waals surface area contributed by atoms with Crippen LogP contribution in [-0.2, 0) is 6.42 Å². The van der Waals surface area contributed by atoms with Crippen molar-refractivity contribution in [2.45, 2.75) is 32.7 Å². The van der Waals surface area contributed by atoms with Crippen molar-refractivity contribution in [3.05, 3.63) is 53.1 Å². The van der Waals surface area contributed by atoms with E-state index < -0.39 is 0 Å². The maximum absolute atomic E-state index is 12.7. The third-order valence-electron chi connectivity index (χ3n) is 4.31. The fourth-order valence-corrected chi connectivity index (χ4v) is 2.71. The topological polar surface area (TPSA) is 32.3 Å². The normalized spacial score (nSPS) is 13.7. The first kappa shape index (κ1) is 14.8. The highest BCUT2D eigenvalue weighted by Crippen LogP contribution is 2.31. The zero-order chi connectivity index (χ0) is 15.9. The van der Waals surface area contributed by atoms with Crippen molar-refractivity contribution in [1.82, 2.24) is 10.4 Å². The van der Waals surface area contributed by atoms with Gasteiger partial charge in [-0.25, -0.2) is 5.01 Å². The second-order valence-corrected chi connectivity index (χ2v) is 6.82. The summed E-state index contributed by atoms with van der Waals surface area (Å²) in [6.45, 7) is 6.20. The van der Waals surface area contributed by atoms with Gasteiger partial charge in [-0.2, -0.15) is 0 Å². The van der Waals surface area contributed by atoms with Gasteiger partial charge in [0, 0.05) is 18.2 Å². The van der Waals surface area contributed by atoms with Crippen molar-refractivity contribution < 1.29 is 4.79 Å². The molecule has 0 unspecified atom stereocenters. The van der Waals surface area contributed by atoms with Crippen LogP contribution in [0.25, 0.3) is 16.8 Å². The van der Waals surface area contributed by atoms with Gasteiger partial charge in [-0.15, -0.1) is 0 Å². The first-order chi connectivity index (χ1) is 10.4. The van der Waals surface area contributed by atoms with Crippen molar-refractivity contribution in [2.75, 3.05) is 7.05 Å². The predicted octanol–water partition coefficient (Wildman–Crippen LogP) is 3.78. The lowest BCUT2D eigenvalue weighted by Crippen LogP contribution is -2.50. The average molecular weight is 294 g/mol. The fourth-order valence-electron chi connectivity index (χ4n) is 2.71. The minimum absolute atomic E-state index is 0.0596. The van der Waals surface area contributed by atoms with Crippen LogP contribution >= 0.6 is 0 Å². The summed E-state index contributed by atoms with van der Waals surface area (Å²) in [6.07, 6.45) is 5.13. The van der Waals surface area contributed by atoms with E-state index in [9.17, 15) is 4.79 Å². The van der Waals surface area contributed by atoms with Crippen LogP contribution in [-0.4, -0.2) is 23.5 Å². The molecule has 0 bridgehead atoms. The Kier molecular flexibility index (Phi) is 3.53. The summed E-state index contributed by atoms with van der Waals surface area (Å²) in [4.78, 5) is 12.7. The standard InChI is InChI=1S/C19H22N2O/c1-19(2,3)21(4)20-18(22)16-12-11-14-8-5-7-13-9-6-10-15(16)17(13)14/h5-8,10-12H,9H2,1-4H3,(H,20,22). The van der Waals surface area contributed by atoms with Crippen molar-refractivity contribution >= 4 is 22.8 Å². The Hall–Kier alpha value is -2.13. The number of allylic oxidation sites excluding steroid dienone is 1. The van der Waals surface area contributed by atoms with E-state index in [1.54, 1.807) is 0 Å². The van der Waals surface area contributed by atoms with E-state index in [0.29, 0.717) is 0 Å². The molecule has 0 aliphatic heterocycles. The average Bonchev–Trinajstić information content (AvgIpc) is 2.47. The Balaban J connectivity index is 2.04. The molecular weight excluding hydrogens is 272 g/mol. The molecule has 0 saturated heterocycles. The van der Waals surface area contributed by atoms with Gasteiger partial charge in [-0.3, -0.25) is 10.2 Å². The Morgan fingerprint density at radius 1 is 1.18 bits per heavy atom. The number of hydrogen-bond acceptors (Lipinski definition) is 2. The molecule has 0 saturated carbocycles. The Bertz CT molecular complexity index is 769. The van der Waals surface area contributed by atoms with Crippen LogP contribution in [0, 0.1) is 0 Å². The number of nitrogens with zero attached hydrogens (tertiary/aromatic N) is 1. The summed E-state index contributed by atoms with van der Waals surface area (Å²) in [5.74, 6) is -0.0596. The highest BCUT2D eigenvalue weighted by molar-refractivity contribution is 6.06. The zero-order valence-corrected chi connectivity index (χ0v) is 13.6. The Morgan fingerprint density at radius 2 is 1.95 bits per heavy atom. The molecule has 22 heavy (non-hydrogen) atoms. The van der Waals surface area contributed by atoms with E-state index >= 15 is 0 Å². The van der Waals surface area contributed by atoms with Crippen LogP contribution < -0.4 is 5.43 Å². The van der Waals surface area contributed by atoms with Gasteiger partial charge in [0.25, 0.3) is 5.91 Å². The second kappa shape index (κ2) is 5.25. The van der Waals surface area contributed by atoms with E-state index in [1.165, 1.54) is 16.3 Å². The summed E-state index contributed by atoms with van der Waals surface area (Å²) < 4.78 is 0. The first-order valence-electron chi connectivity index (χ1n) is 7.64. The molecule has 0 atom stereocenters. The Morgan fingerprint density at radius 3 is 2.68 bits per heavy atom. The molecule has 3 heteroatoms. The van der Waals surface area contributed by atoms with Crippen molar-refractivity contribution in [1.29, 1.82) is 0 Å². The van der Waals surface area contributed by atoms with Crippen LogP contribution in [0.5, 0.6) is 0 Å². The van der Waals surface area contributed by atoms with E-state index in [0.717, 1.165) is 17.5 Å². The van der Waals surface area contributed by atoms with Gasteiger partial charge < -0.3 is 0 Å². The molecule has 1 aliphatic rings. The fraction of sp³-hybridized carbons (Fsp3) is 0.316. The van der Waals surface area contributed by atoms with E-state index in [2.05, 4.69) is 56.5 Å². The number of hydrogen-bond donors (Lipinski definition) is 1. The summed E-state index contributed by atoms with van der Waals surface area (Å²) >= 11 is 0. The maximum Gasteiger partial charge on any atom is 0.266 e. The van der Waals surface area contributed by atoms with Gasteiger partial charge in [0.2, 0.25) is 0 Å². The smallest absolute Gasteiger partial charge is 0.266 e. The third-order valence-corrected chi connectivity index (χ3v) is 4.31. The van der Waals surface area contributed by atoms with Gasteiger partial charge in [-0.1, -0.05) is 36.4 Å². The molecule has 114 valence electrons. The minimum atomic E-state index is -0.120. The summed E-state index contributed by atoms with van der Waals surface area (Å²) in [5, 5.41) is 4.25. The molecule has 0 radical (unpaired) electrons. The van der Waals surface area contributed by atoms with Gasteiger partial charge in [0.1, 0.15) is 0 Å². The van der Waals surface area contributed by atoms with Crippen LogP contribution in [0.4, 0.5) is 0 Å². The second-order valence-electron chi connectivity index (χ2n) is 6.82. The molecule has 3 nitrogen and oxygen atoms in total. The van der Waals surface area contributed by atoms with Gasteiger partial charge >= 0.3 is 0 Å². The Labute approximate surface area is 131 Å². The van der Waals surface area contributed by atoms with E-state index in [1.807, 2.05) is 24.2 Å². The zero-order valence-electron chi connectivity index (χ0n) is 13.6. The largest absolute Gasteiger partial charge is 0.285 e. The lowest BCUT2D eigenvalue weighted by Gasteiger charge is -2.32. The van der Waals surface area contributed by atoms with Crippen LogP contribution in [0.1, 0.15) is 42.3 Å². The molecule has 0 spiro atoms. The predicted molar refractivity (Wildman–Crippen MR) is 91.7 cm³/mol. The minimum Gasteiger partial charge on any atom is -0.285 e. The van der Waals surface area contributed by atoms with Crippen molar-refractivity contribution in [3.8, 4) is 0 Å². The van der Waals surface area contributed by atoms with Crippen molar-refractivity contribution in [3.63, 3.8) is 0 Å². The molecule has 0 heterocycles. The molecule has 2 aromatic carbocycles. The highest BCUT2D eigenvalue weighted by Gasteiger charge is 2.22. The number of carbonyl (C=O) groups is 1. The molecule has 0 aromatic heterocycles. The van der Waals surface area contributed by atoms with Gasteiger partial charge in [0.05, 0.1) is 0 Å². The lowest BCUT2D eigenvalue weighted by atomic mass is 9.90. The maximum atomic E-state index is 12.7. The number of nitrogens with one attached hydrogen (secondary N) is 1. The number of hydrazine groups is 1. The van der Waals surface area contributed by atoms with E-state index in [4.69, 9.17) is 0 Å². The summed E-state index contributed by atoms with van der Waals surface area (Å²) in [7, 11) is 1.89. The molecule has 2 aromatic rings. The number of amides is 1. The summed E-state index contributed by atoms with van der Waals surface area (Å²) in [5.41, 5.74) is 5.90. The van der Waals surface area contributed by atoms with Crippen LogP contribution in [0.2, 0.25) is 0 Å². The quantitative estimate of drug-likeness (QED) is 0.855. The van der Waals surface area contributed by atoms with Crippen LogP contribution in [0.15, 0.2) is 36.4 Å². The molecule has 1 aliphatic carbocycles. The molecular formula is C19H22N2O. The molecule has 1 amide bonds. The van der Waals surface area contributed by atoms with Crippen LogP contribution in [0.3, 0.4) is 0 Å². The first-order valence-corrected chi connectivity index (χ1v) is 7.64. The number of benzene rings is 2. The molecule has 1 N–H and O–H groups in total. The number of rotatable bonds is 2. The monoisotopic (exact) mass is 294 g/mol. The number of carbonyl (C=O) groups excluding carboxylic acids is 1. The van der Waals surface area contributed by atoms with Crippen molar-refractivity contribution in [2.24, 2.45) is 0 Å².